The van der Waals surface area contributed by atoms with Gasteiger partial charge in [0.2, 0.25) is 0 Å². The lowest BCUT2D eigenvalue weighted by Crippen LogP contribution is -2.45. The highest BCUT2D eigenvalue weighted by Crippen LogP contribution is 2.43. The van der Waals surface area contributed by atoms with Crippen LogP contribution in [0.1, 0.15) is 19.3 Å². The third kappa shape index (κ3) is 0.944. The monoisotopic (exact) mass is 144 g/mol. The average Bonchev–Trinajstić information content (AvgIpc) is 1.86. The molecule has 0 aromatic heterocycles. The highest BCUT2D eigenvalue weighted by Gasteiger charge is 2.41. The molecule has 1 heterocycles. The van der Waals surface area contributed by atoms with Crippen LogP contribution >= 0.6 is 0 Å². The molecule has 0 atom stereocenters. The van der Waals surface area contributed by atoms with Gasteiger partial charge in [0.05, 0.1) is 13.2 Å². The Kier molecular flexibility index (Phi) is 1.44. The van der Waals surface area contributed by atoms with E-state index in [2.05, 4.69) is 0 Å². The predicted molar refractivity (Wildman–Crippen MR) is 34.2 cm³/mol. The van der Waals surface area contributed by atoms with Crippen molar-refractivity contribution in [3.8, 4) is 0 Å². The molecular weight excluding hydrogens is 132 g/mol. The molecule has 0 bridgehead atoms. The van der Waals surface area contributed by atoms with Crippen molar-refractivity contribution >= 4 is 0 Å². The molecule has 0 amide bonds. The van der Waals surface area contributed by atoms with Gasteiger partial charge in [0.15, 0.2) is 0 Å². The smallest absolute Gasteiger partial charge is 0.269 e. The molecule has 58 valence electrons. The lowest BCUT2D eigenvalue weighted by molar-refractivity contribution is -0.329. The van der Waals surface area contributed by atoms with Crippen LogP contribution in [0.15, 0.2) is 0 Å². The summed E-state index contributed by atoms with van der Waals surface area (Å²) in [6, 6.07) is 0. The quantitative estimate of drug-likeness (QED) is 0.537. The minimum atomic E-state index is -0.966. The summed E-state index contributed by atoms with van der Waals surface area (Å²) >= 11 is 0. The van der Waals surface area contributed by atoms with E-state index >= 15 is 0 Å². The van der Waals surface area contributed by atoms with E-state index < -0.39 is 6.48 Å². The fraction of sp³-hybridized carbons (Fsp3) is 1.00. The Hall–Kier alpha value is -0.120. The fourth-order valence-electron chi connectivity index (χ4n) is 1.55. The van der Waals surface area contributed by atoms with E-state index in [0.717, 1.165) is 0 Å². The minimum absolute atomic E-state index is 0.277. The van der Waals surface area contributed by atoms with Crippen molar-refractivity contribution < 1.29 is 14.6 Å². The van der Waals surface area contributed by atoms with Gasteiger partial charge in [-0.25, -0.2) is 0 Å². The summed E-state index contributed by atoms with van der Waals surface area (Å²) in [5, 5.41) is 8.82. The molecule has 1 N–H and O–H groups in total. The molecule has 3 heteroatoms. The van der Waals surface area contributed by atoms with E-state index in [0.29, 0.717) is 13.2 Å². The van der Waals surface area contributed by atoms with Crippen LogP contribution in [0.3, 0.4) is 0 Å². The molecule has 1 saturated carbocycles. The number of hydrogen-bond acceptors (Lipinski definition) is 3. The van der Waals surface area contributed by atoms with Crippen molar-refractivity contribution in [1.82, 2.24) is 0 Å². The van der Waals surface area contributed by atoms with Crippen LogP contribution in [0.5, 0.6) is 0 Å². The van der Waals surface area contributed by atoms with Crippen LogP contribution in [0, 0.1) is 5.41 Å². The first-order valence-corrected chi connectivity index (χ1v) is 3.72. The Morgan fingerprint density at radius 2 is 1.80 bits per heavy atom. The zero-order chi connectivity index (χ0) is 7.03. The van der Waals surface area contributed by atoms with E-state index in [4.69, 9.17) is 14.6 Å². The number of aliphatic hydroxyl groups is 1. The molecule has 3 nitrogen and oxygen atoms in total. The normalized spacial score (nSPS) is 32.1. The molecule has 10 heavy (non-hydrogen) atoms. The van der Waals surface area contributed by atoms with Crippen LogP contribution in [0.25, 0.3) is 0 Å². The van der Waals surface area contributed by atoms with Gasteiger partial charge >= 0.3 is 0 Å². The van der Waals surface area contributed by atoms with Crippen molar-refractivity contribution in [2.75, 3.05) is 13.2 Å². The summed E-state index contributed by atoms with van der Waals surface area (Å²) in [7, 11) is 0. The molecule has 2 aliphatic rings. The Balaban J connectivity index is 1.90. The summed E-state index contributed by atoms with van der Waals surface area (Å²) in [5.74, 6) is 0. The van der Waals surface area contributed by atoms with Gasteiger partial charge in [-0.15, -0.1) is 0 Å². The topological polar surface area (TPSA) is 38.7 Å². The third-order valence-electron chi connectivity index (χ3n) is 2.48. The lowest BCUT2D eigenvalue weighted by atomic mass is 9.70. The van der Waals surface area contributed by atoms with Gasteiger partial charge in [0, 0.05) is 5.41 Å². The molecule has 1 saturated heterocycles. The van der Waals surface area contributed by atoms with E-state index in [-0.39, 0.29) is 5.41 Å². The Bertz CT molecular complexity index is 121. The first-order valence-electron chi connectivity index (χ1n) is 3.72. The molecule has 1 spiro atoms. The van der Waals surface area contributed by atoms with Gasteiger partial charge in [-0.3, -0.25) is 0 Å². The fourth-order valence-corrected chi connectivity index (χ4v) is 1.55. The van der Waals surface area contributed by atoms with Crippen LogP contribution in [-0.4, -0.2) is 24.8 Å². The van der Waals surface area contributed by atoms with Gasteiger partial charge in [0.25, 0.3) is 6.48 Å². The molecule has 0 unspecified atom stereocenters. The van der Waals surface area contributed by atoms with Gasteiger partial charge in [0.1, 0.15) is 0 Å². The molecule has 0 radical (unpaired) electrons. The van der Waals surface area contributed by atoms with Gasteiger partial charge in [-0.2, -0.15) is 0 Å². The average molecular weight is 144 g/mol. The van der Waals surface area contributed by atoms with E-state index in [1.54, 1.807) is 0 Å². The van der Waals surface area contributed by atoms with Crippen LogP contribution in [-0.2, 0) is 9.47 Å². The Morgan fingerprint density at radius 1 is 1.20 bits per heavy atom. The second-order valence-corrected chi connectivity index (χ2v) is 3.28. The molecular formula is C7H12O3. The summed E-state index contributed by atoms with van der Waals surface area (Å²) < 4.78 is 9.94. The molecule has 0 aromatic carbocycles. The first kappa shape index (κ1) is 6.58. The molecule has 0 aromatic rings. The van der Waals surface area contributed by atoms with Crippen molar-refractivity contribution in [3.63, 3.8) is 0 Å². The van der Waals surface area contributed by atoms with Gasteiger partial charge in [-0.1, -0.05) is 6.42 Å². The van der Waals surface area contributed by atoms with Crippen molar-refractivity contribution in [1.29, 1.82) is 0 Å². The van der Waals surface area contributed by atoms with E-state index in [9.17, 15) is 0 Å². The van der Waals surface area contributed by atoms with Gasteiger partial charge in [-0.05, 0) is 12.8 Å². The standard InChI is InChI=1S/C7H12O3/c8-6-9-4-7(5-10-6)2-1-3-7/h6,8H,1-5H2. The van der Waals surface area contributed by atoms with Crippen molar-refractivity contribution in [3.05, 3.63) is 0 Å². The molecule has 2 fully saturated rings. The van der Waals surface area contributed by atoms with Gasteiger partial charge < -0.3 is 14.6 Å². The minimum Gasteiger partial charge on any atom is -0.346 e. The Morgan fingerprint density at radius 3 is 2.20 bits per heavy atom. The maximum absolute atomic E-state index is 8.82. The van der Waals surface area contributed by atoms with Crippen LogP contribution in [0.4, 0.5) is 0 Å². The number of ether oxygens (including phenoxy) is 2. The van der Waals surface area contributed by atoms with Crippen LogP contribution in [0.2, 0.25) is 0 Å². The van der Waals surface area contributed by atoms with E-state index in [1.807, 2.05) is 0 Å². The highest BCUT2D eigenvalue weighted by molar-refractivity contribution is 4.88. The summed E-state index contributed by atoms with van der Waals surface area (Å²) in [6.45, 7) is 0.383. The maximum Gasteiger partial charge on any atom is 0.269 e. The Labute approximate surface area is 59.9 Å². The second kappa shape index (κ2) is 2.19. The highest BCUT2D eigenvalue weighted by atomic mass is 16.8. The zero-order valence-corrected chi connectivity index (χ0v) is 5.88. The summed E-state index contributed by atoms with van der Waals surface area (Å²) in [5.41, 5.74) is 0.277. The molecule has 1 aliphatic carbocycles. The molecule has 1 aliphatic heterocycles. The number of hydrogen-bond donors (Lipinski definition) is 1. The summed E-state index contributed by atoms with van der Waals surface area (Å²) in [6.07, 6.45) is 3.67. The second-order valence-electron chi connectivity index (χ2n) is 3.28. The largest absolute Gasteiger partial charge is 0.346 e. The molecule has 2 rings (SSSR count). The number of rotatable bonds is 0. The predicted octanol–water partition coefficient (Wildman–Crippen LogP) is 0.479. The van der Waals surface area contributed by atoms with Crippen LogP contribution < -0.4 is 0 Å². The SMILES string of the molecule is OC1OCC2(CCC2)CO1. The lowest BCUT2D eigenvalue weighted by Gasteiger charge is -2.44. The van der Waals surface area contributed by atoms with Crippen molar-refractivity contribution in [2.24, 2.45) is 5.41 Å². The van der Waals surface area contributed by atoms with Crippen molar-refractivity contribution in [2.45, 2.75) is 25.7 Å². The first-order chi connectivity index (χ1) is 4.81. The zero-order valence-electron chi connectivity index (χ0n) is 5.88. The maximum atomic E-state index is 8.82. The summed E-state index contributed by atoms with van der Waals surface area (Å²) in [4.78, 5) is 0. The van der Waals surface area contributed by atoms with E-state index in [1.165, 1.54) is 19.3 Å². The third-order valence-corrected chi connectivity index (χ3v) is 2.48. The number of aliphatic hydroxyl groups excluding tert-OH is 1.